The Morgan fingerprint density at radius 2 is 1.64 bits per heavy atom. The Morgan fingerprint density at radius 3 is 2.33 bits per heavy atom. The first kappa shape index (κ1) is 23.5. The van der Waals surface area contributed by atoms with E-state index in [0.717, 1.165) is 11.1 Å². The zero-order valence-electron chi connectivity index (χ0n) is 18.8. The Kier molecular flexibility index (Phi) is 8.18. The number of nitrogens with one attached hydrogen (secondary N) is 1. The second kappa shape index (κ2) is 11.5. The fraction of sp³-hybridized carbons (Fsp3) is 0.192. The second-order valence-electron chi connectivity index (χ2n) is 7.20. The molecule has 1 N–H and O–H groups in total. The molecule has 0 aromatic heterocycles. The summed E-state index contributed by atoms with van der Waals surface area (Å²) in [7, 11) is 0. The molecule has 0 bridgehead atoms. The molecule has 0 unspecified atom stereocenters. The quantitative estimate of drug-likeness (QED) is 0.227. The first-order valence-corrected chi connectivity index (χ1v) is 10.5. The Labute approximate surface area is 193 Å². The van der Waals surface area contributed by atoms with Gasteiger partial charge in [-0.3, -0.25) is 4.79 Å². The van der Waals surface area contributed by atoms with Gasteiger partial charge in [0.25, 0.3) is 5.91 Å². The molecule has 7 nitrogen and oxygen atoms in total. The van der Waals surface area contributed by atoms with Crippen LogP contribution in [0.1, 0.15) is 34.0 Å². The van der Waals surface area contributed by atoms with E-state index in [0.29, 0.717) is 35.0 Å². The summed E-state index contributed by atoms with van der Waals surface area (Å²) in [6.45, 7) is 5.93. The van der Waals surface area contributed by atoms with Gasteiger partial charge in [-0.05, 0) is 67.8 Å². The van der Waals surface area contributed by atoms with E-state index < -0.39 is 5.97 Å². The molecule has 0 saturated carbocycles. The number of esters is 1. The lowest BCUT2D eigenvalue weighted by Crippen LogP contribution is -2.25. The summed E-state index contributed by atoms with van der Waals surface area (Å²) in [6, 6.07) is 19.5. The van der Waals surface area contributed by atoms with E-state index in [1.807, 2.05) is 45.0 Å². The summed E-state index contributed by atoms with van der Waals surface area (Å²) >= 11 is 0. The molecule has 0 fully saturated rings. The summed E-state index contributed by atoms with van der Waals surface area (Å²) in [5.74, 6) is 0.532. The Hall–Kier alpha value is -4.13. The van der Waals surface area contributed by atoms with Crippen LogP contribution in [0.4, 0.5) is 0 Å². The van der Waals surface area contributed by atoms with Gasteiger partial charge in [-0.15, -0.1) is 0 Å². The summed E-state index contributed by atoms with van der Waals surface area (Å²) in [6.07, 6.45) is 1.47. The Bertz CT molecular complexity index is 1120. The van der Waals surface area contributed by atoms with Crippen molar-refractivity contribution < 1.29 is 23.8 Å². The third-order valence-electron chi connectivity index (χ3n) is 4.64. The van der Waals surface area contributed by atoms with Crippen molar-refractivity contribution in [2.75, 3.05) is 13.2 Å². The lowest BCUT2D eigenvalue weighted by Gasteiger charge is -2.11. The number of carbonyl (C=O) groups is 2. The number of carbonyl (C=O) groups excluding carboxylic acids is 2. The van der Waals surface area contributed by atoms with Crippen LogP contribution in [0.2, 0.25) is 0 Å². The van der Waals surface area contributed by atoms with Crippen LogP contribution < -0.4 is 19.6 Å². The van der Waals surface area contributed by atoms with Gasteiger partial charge in [0.15, 0.2) is 18.1 Å². The minimum Gasteiger partial charge on any atom is -0.490 e. The molecule has 0 aliphatic rings. The maximum atomic E-state index is 12.3. The number of benzene rings is 3. The molecule has 3 aromatic rings. The number of hydrogen-bond acceptors (Lipinski definition) is 6. The second-order valence-corrected chi connectivity index (χ2v) is 7.20. The monoisotopic (exact) mass is 446 g/mol. The standard InChI is InChI=1S/C26H26N2O5/c1-4-31-23-15-20(13-14-22(23)33-26(30)21-11-6-5-7-12-21)16-27-28-24(29)17-32-25-18(2)9-8-10-19(25)3/h5-16H,4,17H2,1-3H3,(H,28,29). The third-order valence-corrected chi connectivity index (χ3v) is 4.64. The molecular formula is C26H26N2O5. The smallest absolute Gasteiger partial charge is 0.343 e. The molecule has 0 aliphatic heterocycles. The average molecular weight is 447 g/mol. The number of nitrogens with zero attached hydrogens (tertiary/aromatic N) is 1. The zero-order chi connectivity index (χ0) is 23.6. The van der Waals surface area contributed by atoms with Crippen LogP contribution in [0, 0.1) is 13.8 Å². The number of rotatable bonds is 9. The highest BCUT2D eigenvalue weighted by atomic mass is 16.6. The van der Waals surface area contributed by atoms with Gasteiger partial charge in [0.1, 0.15) is 5.75 Å². The Morgan fingerprint density at radius 1 is 0.909 bits per heavy atom. The Balaban J connectivity index is 1.60. The van der Waals surface area contributed by atoms with Gasteiger partial charge in [-0.1, -0.05) is 36.4 Å². The summed E-state index contributed by atoms with van der Waals surface area (Å²) in [5, 5.41) is 3.97. The topological polar surface area (TPSA) is 86.2 Å². The molecule has 0 spiro atoms. The molecule has 0 atom stereocenters. The van der Waals surface area contributed by atoms with Gasteiger partial charge in [-0.2, -0.15) is 5.10 Å². The van der Waals surface area contributed by atoms with E-state index in [-0.39, 0.29) is 12.5 Å². The molecule has 33 heavy (non-hydrogen) atoms. The van der Waals surface area contributed by atoms with Gasteiger partial charge in [0.05, 0.1) is 18.4 Å². The molecule has 170 valence electrons. The highest BCUT2D eigenvalue weighted by Crippen LogP contribution is 2.29. The summed E-state index contributed by atoms with van der Waals surface area (Å²) in [4.78, 5) is 24.4. The maximum Gasteiger partial charge on any atom is 0.343 e. The predicted molar refractivity (Wildman–Crippen MR) is 126 cm³/mol. The van der Waals surface area contributed by atoms with Crippen molar-refractivity contribution in [3.8, 4) is 17.2 Å². The average Bonchev–Trinajstić information content (AvgIpc) is 2.81. The largest absolute Gasteiger partial charge is 0.490 e. The van der Waals surface area contributed by atoms with Gasteiger partial charge in [0, 0.05) is 0 Å². The van der Waals surface area contributed by atoms with Crippen LogP contribution >= 0.6 is 0 Å². The molecule has 0 heterocycles. The molecule has 0 radical (unpaired) electrons. The van der Waals surface area contributed by atoms with Crippen molar-refractivity contribution in [1.82, 2.24) is 5.43 Å². The molecule has 0 aliphatic carbocycles. The van der Waals surface area contributed by atoms with E-state index in [1.165, 1.54) is 6.21 Å². The molecule has 1 amide bonds. The molecule has 7 heteroatoms. The lowest BCUT2D eigenvalue weighted by atomic mass is 10.1. The van der Waals surface area contributed by atoms with Crippen molar-refractivity contribution >= 4 is 18.1 Å². The third kappa shape index (κ3) is 6.67. The van der Waals surface area contributed by atoms with Crippen molar-refractivity contribution in [3.05, 3.63) is 89.0 Å². The molecule has 0 saturated heterocycles. The highest BCUT2D eigenvalue weighted by Gasteiger charge is 2.13. The van der Waals surface area contributed by atoms with Crippen LogP contribution in [0.15, 0.2) is 71.8 Å². The first-order chi connectivity index (χ1) is 16.0. The predicted octanol–water partition coefficient (Wildman–Crippen LogP) is 4.45. The SMILES string of the molecule is CCOc1cc(C=NNC(=O)COc2c(C)cccc2C)ccc1OC(=O)c1ccccc1. The minimum absolute atomic E-state index is 0.151. The molecule has 3 aromatic carbocycles. The van der Waals surface area contributed by atoms with E-state index in [1.54, 1.807) is 42.5 Å². The lowest BCUT2D eigenvalue weighted by molar-refractivity contribution is -0.123. The number of aryl methyl sites for hydroxylation is 2. The van der Waals surface area contributed by atoms with Crippen LogP contribution in [-0.2, 0) is 4.79 Å². The van der Waals surface area contributed by atoms with Gasteiger partial charge in [-0.25, -0.2) is 10.2 Å². The molecule has 3 rings (SSSR count). The van der Waals surface area contributed by atoms with Crippen molar-refractivity contribution in [2.24, 2.45) is 5.10 Å². The number of para-hydroxylation sites is 1. The van der Waals surface area contributed by atoms with E-state index in [4.69, 9.17) is 14.2 Å². The summed E-state index contributed by atoms with van der Waals surface area (Å²) < 4.78 is 16.7. The summed E-state index contributed by atoms with van der Waals surface area (Å²) in [5.41, 5.74) is 5.46. The first-order valence-electron chi connectivity index (χ1n) is 10.5. The fourth-order valence-electron chi connectivity index (χ4n) is 3.07. The van der Waals surface area contributed by atoms with Crippen LogP contribution in [0.3, 0.4) is 0 Å². The van der Waals surface area contributed by atoms with Gasteiger partial charge < -0.3 is 14.2 Å². The van der Waals surface area contributed by atoms with Crippen molar-refractivity contribution in [1.29, 1.82) is 0 Å². The van der Waals surface area contributed by atoms with Crippen LogP contribution in [0.5, 0.6) is 17.2 Å². The van der Waals surface area contributed by atoms with Gasteiger partial charge in [0.2, 0.25) is 0 Å². The van der Waals surface area contributed by atoms with Crippen molar-refractivity contribution in [2.45, 2.75) is 20.8 Å². The van der Waals surface area contributed by atoms with Crippen LogP contribution in [0.25, 0.3) is 0 Å². The number of hydrazone groups is 1. The van der Waals surface area contributed by atoms with E-state index >= 15 is 0 Å². The molecular weight excluding hydrogens is 420 g/mol. The van der Waals surface area contributed by atoms with E-state index in [2.05, 4.69) is 10.5 Å². The minimum atomic E-state index is -0.478. The van der Waals surface area contributed by atoms with Crippen molar-refractivity contribution in [3.63, 3.8) is 0 Å². The van der Waals surface area contributed by atoms with E-state index in [9.17, 15) is 9.59 Å². The van der Waals surface area contributed by atoms with Crippen LogP contribution in [-0.4, -0.2) is 31.3 Å². The number of hydrogen-bond donors (Lipinski definition) is 1. The normalized spacial score (nSPS) is 10.6. The highest BCUT2D eigenvalue weighted by molar-refractivity contribution is 5.91. The number of amides is 1. The fourth-order valence-corrected chi connectivity index (χ4v) is 3.07. The maximum absolute atomic E-state index is 12.3. The van der Waals surface area contributed by atoms with Gasteiger partial charge >= 0.3 is 5.97 Å². The zero-order valence-corrected chi connectivity index (χ0v) is 18.8. The number of ether oxygens (including phenoxy) is 3.